The van der Waals surface area contributed by atoms with Crippen LogP contribution >= 0.6 is 0 Å². The van der Waals surface area contributed by atoms with Gasteiger partial charge in [0.15, 0.2) is 0 Å². The average molecular weight is 220 g/mol. The van der Waals surface area contributed by atoms with Gasteiger partial charge in [-0.3, -0.25) is 0 Å². The van der Waals surface area contributed by atoms with Crippen molar-refractivity contribution < 1.29 is 9.84 Å². The van der Waals surface area contributed by atoms with Crippen LogP contribution in [-0.2, 0) is 6.42 Å². The van der Waals surface area contributed by atoms with Gasteiger partial charge < -0.3 is 9.84 Å². The molecule has 1 aromatic carbocycles. The number of hydrogen-bond acceptors (Lipinski definition) is 2. The Kier molecular flexibility index (Phi) is 3.49. The smallest absolute Gasteiger partial charge is 0.122 e. The Labute approximate surface area is 97.3 Å². The molecule has 1 N–H and O–H groups in total. The summed E-state index contributed by atoms with van der Waals surface area (Å²) in [7, 11) is 1.70. The predicted octanol–water partition coefficient (Wildman–Crippen LogP) is 2.93. The van der Waals surface area contributed by atoms with Crippen LogP contribution in [-0.4, -0.2) is 17.8 Å². The van der Waals surface area contributed by atoms with Gasteiger partial charge in [-0.15, -0.1) is 0 Å². The molecule has 1 fully saturated rings. The van der Waals surface area contributed by atoms with Crippen molar-refractivity contribution in [1.82, 2.24) is 0 Å². The second-order valence-corrected chi connectivity index (χ2v) is 4.74. The number of aliphatic hydroxyl groups is 1. The quantitative estimate of drug-likeness (QED) is 0.845. The molecule has 1 saturated carbocycles. The van der Waals surface area contributed by atoms with Crippen LogP contribution in [0.4, 0.5) is 0 Å². The molecule has 0 heterocycles. The Hall–Kier alpha value is -1.02. The molecule has 0 aromatic heterocycles. The third-order valence-electron chi connectivity index (χ3n) is 3.59. The van der Waals surface area contributed by atoms with E-state index >= 15 is 0 Å². The minimum absolute atomic E-state index is 0.416. The molecule has 0 amide bonds. The molecular weight excluding hydrogens is 200 g/mol. The maximum atomic E-state index is 10.3. The highest BCUT2D eigenvalue weighted by Crippen LogP contribution is 2.34. The molecule has 2 nitrogen and oxygen atoms in total. The van der Waals surface area contributed by atoms with Crippen molar-refractivity contribution >= 4 is 0 Å². The van der Waals surface area contributed by atoms with Crippen LogP contribution in [0.2, 0.25) is 0 Å². The van der Waals surface area contributed by atoms with E-state index < -0.39 is 5.60 Å². The summed E-state index contributed by atoms with van der Waals surface area (Å²) < 4.78 is 5.31. The van der Waals surface area contributed by atoms with E-state index in [2.05, 4.69) is 6.07 Å². The number of rotatable bonds is 4. The van der Waals surface area contributed by atoms with Gasteiger partial charge in [-0.1, -0.05) is 31.0 Å². The van der Waals surface area contributed by atoms with Gasteiger partial charge in [0.25, 0.3) is 0 Å². The standard InChI is InChI=1S/C14H20O2/c1-16-13-7-3-2-6-12(13)8-11-14(15)9-4-5-10-14/h2-3,6-7,15H,4-5,8-11H2,1H3. The summed E-state index contributed by atoms with van der Waals surface area (Å²) in [6.07, 6.45) is 6.02. The van der Waals surface area contributed by atoms with Crippen LogP contribution in [0.5, 0.6) is 5.75 Å². The Bertz CT molecular complexity index is 340. The lowest BCUT2D eigenvalue weighted by Gasteiger charge is -2.22. The summed E-state index contributed by atoms with van der Waals surface area (Å²) in [6, 6.07) is 8.06. The molecule has 1 aromatic rings. The predicted molar refractivity (Wildman–Crippen MR) is 64.7 cm³/mol. The monoisotopic (exact) mass is 220 g/mol. The van der Waals surface area contributed by atoms with E-state index in [-0.39, 0.29) is 0 Å². The van der Waals surface area contributed by atoms with E-state index in [1.165, 1.54) is 18.4 Å². The van der Waals surface area contributed by atoms with Gasteiger partial charge in [-0.25, -0.2) is 0 Å². The Morgan fingerprint density at radius 1 is 1.25 bits per heavy atom. The van der Waals surface area contributed by atoms with E-state index in [0.717, 1.165) is 31.4 Å². The summed E-state index contributed by atoms with van der Waals surface area (Å²) in [5, 5.41) is 10.3. The molecule has 0 unspecified atom stereocenters. The Balaban J connectivity index is 1.98. The highest BCUT2D eigenvalue weighted by Gasteiger charge is 2.30. The fourth-order valence-corrected chi connectivity index (χ4v) is 2.56. The van der Waals surface area contributed by atoms with Crippen molar-refractivity contribution in [2.24, 2.45) is 0 Å². The number of methoxy groups -OCH3 is 1. The van der Waals surface area contributed by atoms with Crippen LogP contribution in [0.3, 0.4) is 0 Å². The summed E-state index contributed by atoms with van der Waals surface area (Å²) >= 11 is 0. The summed E-state index contributed by atoms with van der Waals surface area (Å²) in [5.74, 6) is 0.934. The van der Waals surface area contributed by atoms with Crippen LogP contribution < -0.4 is 4.74 Å². The van der Waals surface area contributed by atoms with Gasteiger partial charge in [0.1, 0.15) is 5.75 Å². The first-order valence-corrected chi connectivity index (χ1v) is 6.08. The lowest BCUT2D eigenvalue weighted by atomic mass is 9.93. The highest BCUT2D eigenvalue weighted by molar-refractivity contribution is 5.33. The third kappa shape index (κ3) is 2.56. The molecule has 0 atom stereocenters. The second kappa shape index (κ2) is 4.88. The molecule has 0 aliphatic heterocycles. The van der Waals surface area contributed by atoms with E-state index in [1.54, 1.807) is 7.11 Å². The highest BCUT2D eigenvalue weighted by atomic mass is 16.5. The van der Waals surface area contributed by atoms with E-state index in [1.807, 2.05) is 18.2 Å². The van der Waals surface area contributed by atoms with Crippen LogP contribution in [0, 0.1) is 0 Å². The van der Waals surface area contributed by atoms with Gasteiger partial charge in [-0.05, 0) is 37.3 Å². The summed E-state index contributed by atoms with van der Waals surface area (Å²) in [5.41, 5.74) is 0.784. The van der Waals surface area contributed by atoms with Gasteiger partial charge in [0, 0.05) is 0 Å². The van der Waals surface area contributed by atoms with E-state index in [9.17, 15) is 5.11 Å². The lowest BCUT2D eigenvalue weighted by molar-refractivity contribution is 0.0390. The first-order valence-electron chi connectivity index (χ1n) is 6.08. The number of hydrogen-bond donors (Lipinski definition) is 1. The maximum Gasteiger partial charge on any atom is 0.122 e. The Morgan fingerprint density at radius 3 is 2.62 bits per heavy atom. The van der Waals surface area contributed by atoms with Crippen molar-refractivity contribution in [3.8, 4) is 5.75 Å². The zero-order chi connectivity index (χ0) is 11.4. The first kappa shape index (κ1) is 11.5. The molecule has 16 heavy (non-hydrogen) atoms. The minimum atomic E-state index is -0.416. The van der Waals surface area contributed by atoms with Crippen molar-refractivity contribution in [1.29, 1.82) is 0 Å². The largest absolute Gasteiger partial charge is 0.496 e. The average Bonchev–Trinajstić information content (AvgIpc) is 2.74. The van der Waals surface area contributed by atoms with Crippen LogP contribution in [0.15, 0.2) is 24.3 Å². The van der Waals surface area contributed by atoms with Crippen molar-refractivity contribution in [3.05, 3.63) is 29.8 Å². The number of aryl methyl sites for hydroxylation is 1. The third-order valence-corrected chi connectivity index (χ3v) is 3.59. The van der Waals surface area contributed by atoms with Crippen molar-refractivity contribution in [2.45, 2.75) is 44.1 Å². The maximum absolute atomic E-state index is 10.3. The Morgan fingerprint density at radius 2 is 1.94 bits per heavy atom. The first-order chi connectivity index (χ1) is 7.73. The number of ether oxygens (including phenoxy) is 1. The molecule has 1 aliphatic rings. The van der Waals surface area contributed by atoms with Crippen molar-refractivity contribution in [3.63, 3.8) is 0 Å². The molecular formula is C14H20O2. The summed E-state index contributed by atoms with van der Waals surface area (Å²) in [4.78, 5) is 0. The molecule has 0 spiro atoms. The fraction of sp³-hybridized carbons (Fsp3) is 0.571. The second-order valence-electron chi connectivity index (χ2n) is 4.74. The fourth-order valence-electron chi connectivity index (χ4n) is 2.56. The van der Waals surface area contributed by atoms with Crippen molar-refractivity contribution in [2.75, 3.05) is 7.11 Å². The minimum Gasteiger partial charge on any atom is -0.496 e. The van der Waals surface area contributed by atoms with Crippen LogP contribution in [0.25, 0.3) is 0 Å². The summed E-state index contributed by atoms with van der Waals surface area (Å²) in [6.45, 7) is 0. The van der Waals surface area contributed by atoms with E-state index in [4.69, 9.17) is 4.74 Å². The van der Waals surface area contributed by atoms with Gasteiger partial charge in [-0.2, -0.15) is 0 Å². The van der Waals surface area contributed by atoms with E-state index in [0.29, 0.717) is 0 Å². The topological polar surface area (TPSA) is 29.5 Å². The molecule has 88 valence electrons. The zero-order valence-electron chi connectivity index (χ0n) is 9.91. The van der Waals surface area contributed by atoms with Gasteiger partial charge >= 0.3 is 0 Å². The number of para-hydroxylation sites is 1. The lowest BCUT2D eigenvalue weighted by Crippen LogP contribution is -2.24. The molecule has 0 saturated heterocycles. The van der Waals surface area contributed by atoms with Crippen LogP contribution in [0.1, 0.15) is 37.7 Å². The molecule has 2 rings (SSSR count). The molecule has 0 radical (unpaired) electrons. The molecule has 1 aliphatic carbocycles. The molecule has 0 bridgehead atoms. The normalized spacial score (nSPS) is 18.6. The zero-order valence-corrected chi connectivity index (χ0v) is 9.91. The van der Waals surface area contributed by atoms with Gasteiger partial charge in [0.05, 0.1) is 12.7 Å². The SMILES string of the molecule is COc1ccccc1CCC1(O)CCCC1. The molecule has 2 heteroatoms. The van der Waals surface area contributed by atoms with Gasteiger partial charge in [0.2, 0.25) is 0 Å². The number of benzene rings is 1.